The lowest BCUT2D eigenvalue weighted by Crippen LogP contribution is -2.12. The van der Waals surface area contributed by atoms with E-state index in [1.807, 2.05) is 20.8 Å². The number of aromatic hydroxyl groups is 1. The smallest absolute Gasteiger partial charge is 0.261 e. The summed E-state index contributed by atoms with van der Waals surface area (Å²) in [4.78, 5) is 17.3. The number of hydrogen-bond donors (Lipinski definition) is 2. The number of anilines is 1. The zero-order chi connectivity index (χ0) is 13.3. The van der Waals surface area contributed by atoms with Gasteiger partial charge in [0.1, 0.15) is 5.75 Å². The zero-order valence-electron chi connectivity index (χ0n) is 10.4. The van der Waals surface area contributed by atoms with Gasteiger partial charge in [-0.2, -0.15) is 0 Å². The third-order valence-corrected chi connectivity index (χ3v) is 3.63. The minimum absolute atomic E-state index is 0.0249. The number of hydrogen-bond acceptors (Lipinski definition) is 4. The molecule has 0 unspecified atom stereocenters. The van der Waals surface area contributed by atoms with Crippen LogP contribution in [0.15, 0.2) is 18.2 Å². The molecule has 0 bridgehead atoms. The van der Waals surface area contributed by atoms with Crippen molar-refractivity contribution in [2.24, 2.45) is 0 Å². The normalized spacial score (nSPS) is 10.4. The van der Waals surface area contributed by atoms with Gasteiger partial charge in [-0.1, -0.05) is 11.6 Å². The largest absolute Gasteiger partial charge is 0.507 e. The molecule has 2 aromatic rings. The number of amides is 1. The van der Waals surface area contributed by atoms with Crippen molar-refractivity contribution >= 4 is 22.4 Å². The number of aryl methyl sites for hydroxylation is 3. The van der Waals surface area contributed by atoms with Crippen LogP contribution in [0.25, 0.3) is 0 Å². The molecular weight excluding hydrogens is 248 g/mol. The molecule has 0 aliphatic rings. The van der Waals surface area contributed by atoms with E-state index in [1.54, 1.807) is 12.1 Å². The molecule has 2 N–H and O–H groups in total. The van der Waals surface area contributed by atoms with E-state index in [4.69, 9.17) is 0 Å². The molecule has 2 rings (SSSR count). The minimum Gasteiger partial charge on any atom is -0.507 e. The molecule has 1 aromatic carbocycles. The Balaban J connectivity index is 2.24. The third-order valence-electron chi connectivity index (χ3n) is 2.65. The van der Waals surface area contributed by atoms with Gasteiger partial charge in [0.25, 0.3) is 5.91 Å². The van der Waals surface area contributed by atoms with Gasteiger partial charge in [0.15, 0.2) is 5.13 Å². The summed E-state index contributed by atoms with van der Waals surface area (Å²) in [5.41, 5.74) is 2.09. The number of phenols is 1. The average molecular weight is 262 g/mol. The molecule has 0 saturated heterocycles. The Labute approximate surface area is 109 Å². The molecule has 4 nitrogen and oxygen atoms in total. The van der Waals surface area contributed by atoms with Crippen LogP contribution in [0.4, 0.5) is 5.13 Å². The standard InChI is InChI=1S/C13H14N2O2S/c1-7-4-5-11(16)10(6-7)12(17)15-13-14-8(2)9(3)18-13/h4-6,16H,1-3H3,(H,14,15,17). The van der Waals surface area contributed by atoms with E-state index < -0.39 is 0 Å². The van der Waals surface area contributed by atoms with Gasteiger partial charge in [0.2, 0.25) is 0 Å². The van der Waals surface area contributed by atoms with Crippen molar-refractivity contribution in [1.29, 1.82) is 0 Å². The lowest BCUT2D eigenvalue weighted by molar-refractivity contribution is 0.102. The summed E-state index contributed by atoms with van der Waals surface area (Å²) in [6.45, 7) is 5.71. The van der Waals surface area contributed by atoms with Crippen LogP contribution in [-0.4, -0.2) is 16.0 Å². The Morgan fingerprint density at radius 2 is 2.06 bits per heavy atom. The van der Waals surface area contributed by atoms with Crippen molar-refractivity contribution in [2.75, 3.05) is 5.32 Å². The first-order chi connectivity index (χ1) is 8.47. The van der Waals surface area contributed by atoms with E-state index >= 15 is 0 Å². The third kappa shape index (κ3) is 2.51. The van der Waals surface area contributed by atoms with Crippen LogP contribution in [0.1, 0.15) is 26.5 Å². The van der Waals surface area contributed by atoms with Crippen LogP contribution in [-0.2, 0) is 0 Å². The summed E-state index contributed by atoms with van der Waals surface area (Å²) in [6.07, 6.45) is 0. The van der Waals surface area contributed by atoms with E-state index in [0.29, 0.717) is 5.13 Å². The molecule has 0 spiro atoms. The molecule has 0 atom stereocenters. The molecule has 0 radical (unpaired) electrons. The fourth-order valence-electron chi connectivity index (χ4n) is 1.52. The van der Waals surface area contributed by atoms with Gasteiger partial charge < -0.3 is 5.11 Å². The number of rotatable bonds is 2. The number of carbonyl (C=O) groups is 1. The minimum atomic E-state index is -0.343. The number of aromatic nitrogens is 1. The molecule has 0 fully saturated rings. The Hall–Kier alpha value is -1.88. The lowest BCUT2D eigenvalue weighted by Gasteiger charge is -2.05. The highest BCUT2D eigenvalue weighted by atomic mass is 32.1. The van der Waals surface area contributed by atoms with Gasteiger partial charge >= 0.3 is 0 Å². The maximum atomic E-state index is 12.0. The number of benzene rings is 1. The SMILES string of the molecule is Cc1ccc(O)c(C(=O)Nc2nc(C)c(C)s2)c1. The van der Waals surface area contributed by atoms with E-state index in [9.17, 15) is 9.90 Å². The number of nitrogens with zero attached hydrogens (tertiary/aromatic N) is 1. The topological polar surface area (TPSA) is 62.2 Å². The molecule has 1 aromatic heterocycles. The van der Waals surface area contributed by atoms with Crippen LogP contribution >= 0.6 is 11.3 Å². The number of thiazole rings is 1. The number of phenolic OH excluding ortho intramolecular Hbond substituents is 1. The Bertz CT molecular complexity index is 586. The predicted molar refractivity (Wildman–Crippen MR) is 72.4 cm³/mol. The second-order valence-electron chi connectivity index (χ2n) is 4.14. The van der Waals surface area contributed by atoms with Crippen LogP contribution in [0.5, 0.6) is 5.75 Å². The lowest BCUT2D eigenvalue weighted by atomic mass is 10.1. The van der Waals surface area contributed by atoms with Crippen LogP contribution in [0, 0.1) is 20.8 Å². The van der Waals surface area contributed by atoms with Gasteiger partial charge in [-0.25, -0.2) is 4.98 Å². The molecule has 0 saturated carbocycles. The molecule has 1 heterocycles. The summed E-state index contributed by atoms with van der Waals surface area (Å²) < 4.78 is 0. The van der Waals surface area contributed by atoms with Crippen LogP contribution in [0.3, 0.4) is 0 Å². The average Bonchev–Trinajstić information content (AvgIpc) is 2.61. The molecular formula is C13H14N2O2S. The maximum absolute atomic E-state index is 12.0. The highest BCUT2D eigenvalue weighted by molar-refractivity contribution is 7.15. The summed E-state index contributed by atoms with van der Waals surface area (Å²) >= 11 is 1.42. The highest BCUT2D eigenvalue weighted by Gasteiger charge is 2.13. The van der Waals surface area contributed by atoms with Gasteiger partial charge in [0.05, 0.1) is 11.3 Å². The Kier molecular flexibility index (Phi) is 3.34. The number of carbonyl (C=O) groups excluding carboxylic acids is 1. The van der Waals surface area contributed by atoms with Crippen molar-refractivity contribution in [3.8, 4) is 5.75 Å². The predicted octanol–water partition coefficient (Wildman–Crippen LogP) is 3.03. The van der Waals surface area contributed by atoms with Crippen molar-refractivity contribution in [2.45, 2.75) is 20.8 Å². The first-order valence-electron chi connectivity index (χ1n) is 5.52. The van der Waals surface area contributed by atoms with Crippen molar-refractivity contribution in [3.63, 3.8) is 0 Å². The summed E-state index contributed by atoms with van der Waals surface area (Å²) in [5, 5.41) is 12.9. The zero-order valence-corrected chi connectivity index (χ0v) is 11.3. The summed E-state index contributed by atoms with van der Waals surface area (Å²) in [6, 6.07) is 4.92. The first kappa shape index (κ1) is 12.6. The monoisotopic (exact) mass is 262 g/mol. The molecule has 1 amide bonds. The van der Waals surface area contributed by atoms with E-state index in [1.165, 1.54) is 17.4 Å². The van der Waals surface area contributed by atoms with Gasteiger partial charge in [-0.05, 0) is 32.9 Å². The van der Waals surface area contributed by atoms with Crippen molar-refractivity contribution in [3.05, 3.63) is 39.9 Å². The van der Waals surface area contributed by atoms with Crippen molar-refractivity contribution in [1.82, 2.24) is 4.98 Å². The molecule has 5 heteroatoms. The second kappa shape index (κ2) is 4.78. The van der Waals surface area contributed by atoms with Crippen LogP contribution < -0.4 is 5.32 Å². The van der Waals surface area contributed by atoms with E-state index in [-0.39, 0.29) is 17.2 Å². The van der Waals surface area contributed by atoms with Gasteiger partial charge in [-0.15, -0.1) is 11.3 Å². The van der Waals surface area contributed by atoms with Crippen molar-refractivity contribution < 1.29 is 9.90 Å². The van der Waals surface area contributed by atoms with E-state index in [0.717, 1.165) is 16.1 Å². The molecule has 94 valence electrons. The fraction of sp³-hybridized carbons (Fsp3) is 0.231. The maximum Gasteiger partial charge on any atom is 0.261 e. The second-order valence-corrected chi connectivity index (χ2v) is 5.34. The van der Waals surface area contributed by atoms with Gasteiger partial charge in [0, 0.05) is 4.88 Å². The van der Waals surface area contributed by atoms with Crippen LogP contribution in [0.2, 0.25) is 0 Å². The van der Waals surface area contributed by atoms with Gasteiger partial charge in [-0.3, -0.25) is 10.1 Å². The number of nitrogens with one attached hydrogen (secondary N) is 1. The Morgan fingerprint density at radius 1 is 1.33 bits per heavy atom. The van der Waals surface area contributed by atoms with E-state index in [2.05, 4.69) is 10.3 Å². The fourth-order valence-corrected chi connectivity index (χ4v) is 2.33. The first-order valence-corrected chi connectivity index (χ1v) is 6.34. The Morgan fingerprint density at radius 3 is 2.67 bits per heavy atom. The molecule has 18 heavy (non-hydrogen) atoms. The molecule has 0 aliphatic carbocycles. The molecule has 0 aliphatic heterocycles. The quantitative estimate of drug-likeness (QED) is 0.874. The summed E-state index contributed by atoms with van der Waals surface area (Å²) in [5.74, 6) is -0.368. The highest BCUT2D eigenvalue weighted by Crippen LogP contribution is 2.24. The summed E-state index contributed by atoms with van der Waals surface area (Å²) in [7, 11) is 0.